The molecule has 4 atom stereocenters. The number of hydrogen-bond acceptors (Lipinski definition) is 8. The number of carbonyl (C=O) groups excluding carboxylic acids is 4. The third-order valence-corrected chi connectivity index (χ3v) is 19.2. The fraction of sp³-hybridized carbons (Fsp3) is 0.333. The second-order valence-corrected chi connectivity index (χ2v) is 27.2. The van der Waals surface area contributed by atoms with E-state index in [1.54, 1.807) is 28.4 Å². The van der Waals surface area contributed by atoms with Gasteiger partial charge in [0.05, 0.1) is 51.2 Å². The Morgan fingerprint density at radius 3 is 0.830 bits per heavy atom. The lowest BCUT2D eigenvalue weighted by atomic mass is 9.97. The summed E-state index contributed by atoms with van der Waals surface area (Å²) >= 11 is 0. The first-order valence-corrected chi connectivity index (χ1v) is 30.2. The fourth-order valence-electron chi connectivity index (χ4n) is 13.0. The van der Waals surface area contributed by atoms with Crippen LogP contribution >= 0.6 is 0 Å². The first-order valence-electron chi connectivity index (χ1n) is 30.2. The van der Waals surface area contributed by atoms with Gasteiger partial charge in [0.2, 0.25) is 23.6 Å². The molecule has 4 amide bonds. The first-order chi connectivity index (χ1) is 42.0. The van der Waals surface area contributed by atoms with E-state index in [-0.39, 0.29) is 69.0 Å². The Kier molecular flexibility index (Phi) is 13.9. The summed E-state index contributed by atoms with van der Waals surface area (Å²) in [7, 11) is 6.48. The van der Waals surface area contributed by atoms with Gasteiger partial charge in [-0.25, -0.2) is 0 Å². The van der Waals surface area contributed by atoms with Crippen LogP contribution in [0.15, 0.2) is 121 Å². The lowest BCUT2D eigenvalue weighted by Crippen LogP contribution is -2.23. The number of amides is 4. The Labute approximate surface area is 511 Å². The summed E-state index contributed by atoms with van der Waals surface area (Å²) in [5.41, 5.74) is 9.68. The molecule has 13 rings (SSSR count). The second kappa shape index (κ2) is 21.2. The molecule has 0 radical (unpaired) electrons. The molecule has 4 fully saturated rings. The molecule has 0 saturated heterocycles. The molecule has 8 N–H and O–H groups in total. The zero-order valence-corrected chi connectivity index (χ0v) is 52.0. The van der Waals surface area contributed by atoms with Crippen LogP contribution in [0, 0.1) is 45.3 Å². The van der Waals surface area contributed by atoms with E-state index in [4.69, 9.17) is 18.9 Å². The van der Waals surface area contributed by atoms with Crippen molar-refractivity contribution < 1.29 is 38.1 Å². The largest absolute Gasteiger partial charge is 0.497 e. The highest BCUT2D eigenvalue weighted by Crippen LogP contribution is 2.55. The Hall–Kier alpha value is -9.44. The van der Waals surface area contributed by atoms with Crippen molar-refractivity contribution >= 4 is 68.7 Å². The molecule has 452 valence electrons. The summed E-state index contributed by atoms with van der Waals surface area (Å²) in [6.07, 6.45) is 2.99. The third kappa shape index (κ3) is 10.7. The molecule has 4 aromatic heterocycles. The summed E-state index contributed by atoms with van der Waals surface area (Å²) in [6, 6.07) is 39.0. The Morgan fingerprint density at radius 2 is 0.591 bits per heavy atom. The number of H-pyrrole nitrogens is 4. The van der Waals surface area contributed by atoms with Crippen molar-refractivity contribution in [3.63, 3.8) is 0 Å². The SMILES string of the molecule is COc1cc(OC)cc(C2=c3ccc([nH]3)=C(c3c(NC(=O)[C@H]4CC4(C)C)cccc3NC(=O)[C@@H]3CC3(C)C)c3ccc([nH]3)C(c3cc(OC)cc(OC)c3)=c3ccc([nH]3)=C(c3c(NC(=O)[C@H]4CC4(C)C)cccc3NC(=O)[C@@H]3CC3(C)C)c3ccc2[nH]3)c1. The van der Waals surface area contributed by atoms with Gasteiger partial charge in [0.1, 0.15) is 23.0 Å². The highest BCUT2D eigenvalue weighted by Gasteiger charge is 2.53. The van der Waals surface area contributed by atoms with Crippen molar-refractivity contribution in [3.05, 3.63) is 188 Å². The summed E-state index contributed by atoms with van der Waals surface area (Å²) in [6.45, 7) is 16.8. The number of nitrogens with one attached hydrogen (secondary N) is 8. The van der Waals surface area contributed by atoms with Gasteiger partial charge in [-0.1, -0.05) is 67.5 Å². The predicted molar refractivity (Wildman–Crippen MR) is 342 cm³/mol. The van der Waals surface area contributed by atoms with E-state index in [2.05, 4.69) is 96.6 Å². The molecule has 5 heterocycles. The van der Waals surface area contributed by atoms with Crippen LogP contribution in [0.25, 0.3) is 22.3 Å². The summed E-state index contributed by atoms with van der Waals surface area (Å²) in [5, 5.41) is 16.1. The van der Waals surface area contributed by atoms with E-state index in [9.17, 15) is 19.2 Å². The van der Waals surface area contributed by atoms with Crippen molar-refractivity contribution in [3.8, 4) is 23.0 Å². The number of ether oxygens (including phenoxy) is 4. The maximum absolute atomic E-state index is 14.4. The topological polar surface area (TPSA) is 216 Å². The van der Waals surface area contributed by atoms with Gasteiger partial charge in [0.25, 0.3) is 0 Å². The summed E-state index contributed by atoms with van der Waals surface area (Å²) in [4.78, 5) is 73.2. The van der Waals surface area contributed by atoms with Crippen molar-refractivity contribution in [2.45, 2.75) is 81.1 Å². The molecule has 0 spiro atoms. The number of carbonyl (C=O) groups is 4. The Morgan fingerprint density at radius 1 is 0.352 bits per heavy atom. The average Bonchev–Trinajstić information content (AvgIpc) is 1.93. The quantitative estimate of drug-likeness (QED) is 0.0465. The van der Waals surface area contributed by atoms with Gasteiger partial charge in [-0.2, -0.15) is 0 Å². The normalized spacial score (nSPS) is 20.3. The molecule has 5 aliphatic rings. The zero-order chi connectivity index (χ0) is 61.9. The Balaban J connectivity index is 1.14. The highest BCUT2D eigenvalue weighted by molar-refractivity contribution is 6.06. The monoisotopic (exact) mass is 1180 g/mol. The van der Waals surface area contributed by atoms with Gasteiger partial charge in [0, 0.05) is 113 Å². The first kappa shape index (κ1) is 57.6. The fourth-order valence-corrected chi connectivity index (χ4v) is 13.0. The summed E-state index contributed by atoms with van der Waals surface area (Å²) in [5.74, 6) is 1.06. The minimum Gasteiger partial charge on any atom is -0.497 e. The maximum Gasteiger partial charge on any atom is 0.228 e. The molecule has 4 aromatic carbocycles. The van der Waals surface area contributed by atoms with Crippen LogP contribution in [0.1, 0.15) is 126 Å². The third-order valence-electron chi connectivity index (χ3n) is 19.2. The van der Waals surface area contributed by atoms with Gasteiger partial charge in [0.15, 0.2) is 0 Å². The van der Waals surface area contributed by atoms with E-state index >= 15 is 0 Å². The van der Waals surface area contributed by atoms with Crippen molar-refractivity contribution in [1.29, 1.82) is 0 Å². The second-order valence-electron chi connectivity index (χ2n) is 27.2. The molecule has 4 aliphatic carbocycles. The van der Waals surface area contributed by atoms with Crippen LogP contribution in [0.4, 0.5) is 22.7 Å². The van der Waals surface area contributed by atoms with Gasteiger partial charge in [-0.3, -0.25) is 19.2 Å². The van der Waals surface area contributed by atoms with Crippen molar-refractivity contribution in [2.75, 3.05) is 49.7 Å². The predicted octanol–water partition coefficient (Wildman–Crippen LogP) is 10.3. The smallest absolute Gasteiger partial charge is 0.228 e. The maximum atomic E-state index is 14.4. The van der Waals surface area contributed by atoms with Gasteiger partial charge >= 0.3 is 0 Å². The van der Waals surface area contributed by atoms with Crippen LogP contribution in [-0.2, 0) is 19.2 Å². The number of aromatic amines is 4. The molecule has 16 nitrogen and oxygen atoms in total. The van der Waals surface area contributed by atoms with Gasteiger partial charge < -0.3 is 60.2 Å². The molecule has 88 heavy (non-hydrogen) atoms. The number of rotatable bonds is 16. The number of aromatic nitrogens is 4. The van der Waals surface area contributed by atoms with E-state index in [1.807, 2.05) is 121 Å². The summed E-state index contributed by atoms with van der Waals surface area (Å²) < 4.78 is 23.7. The zero-order valence-electron chi connectivity index (χ0n) is 52.0. The van der Waals surface area contributed by atoms with E-state index in [1.165, 1.54) is 0 Å². The molecule has 8 aromatic rings. The lowest BCUT2D eigenvalue weighted by Gasteiger charge is -2.20. The average molecular weight is 1180 g/mol. The van der Waals surface area contributed by atoms with Crippen LogP contribution in [-0.4, -0.2) is 72.0 Å². The number of fused-ring (bicyclic) bond motifs is 8. The van der Waals surface area contributed by atoms with E-state index < -0.39 is 0 Å². The highest BCUT2D eigenvalue weighted by atomic mass is 16.5. The molecular weight excluding hydrogens is 1100 g/mol. The number of anilines is 4. The molecule has 8 bridgehead atoms. The number of hydrogen-bond donors (Lipinski definition) is 8. The van der Waals surface area contributed by atoms with E-state index in [0.29, 0.717) is 112 Å². The number of benzene rings is 4. The van der Waals surface area contributed by atoms with Gasteiger partial charge in [-0.05, 0) is 156 Å². The lowest BCUT2D eigenvalue weighted by molar-refractivity contribution is -0.118. The molecule has 4 saturated carbocycles. The van der Waals surface area contributed by atoms with Crippen LogP contribution in [0.2, 0.25) is 0 Å². The van der Waals surface area contributed by atoms with E-state index in [0.717, 1.165) is 48.0 Å². The number of methoxy groups -OCH3 is 4. The van der Waals surface area contributed by atoms with Crippen molar-refractivity contribution in [2.24, 2.45) is 45.3 Å². The van der Waals surface area contributed by atoms with Gasteiger partial charge in [-0.15, -0.1) is 0 Å². The van der Waals surface area contributed by atoms with Crippen LogP contribution in [0.3, 0.4) is 0 Å². The Bertz CT molecular complexity index is 4050. The molecular formula is C72H76N8O8. The minimum atomic E-state index is -0.201. The van der Waals surface area contributed by atoms with Crippen LogP contribution < -0.4 is 61.6 Å². The van der Waals surface area contributed by atoms with Crippen molar-refractivity contribution in [1.82, 2.24) is 19.9 Å². The minimum absolute atomic E-state index is 0.101. The molecule has 16 heteroatoms. The molecule has 0 unspecified atom stereocenters. The van der Waals surface area contributed by atoms with Crippen LogP contribution in [0.5, 0.6) is 23.0 Å². The molecule has 1 aliphatic heterocycles. The standard InChI is InChI=1S/C72H76N8O8/c1-69(2)33-43(69)65(81)77-47-15-13-16-48(78-66(82)44-34-70(44,3)4)61(47)63-55-23-19-51(73-55)59(37-27-39(85-9)31-40(28-37)86-10)53-21-25-57(75-53)64(58-26-22-54(76-58)60(52-20-24-56(63)74-52)38-29-41(87-11)32-42(30-38)88-12)62-49(79-67(83)45-35-71(45,5)6)17-14-18-50(62)80-68(84)46-36-72(46,7)8/h13-32,43-46,73-76H,33-36H2,1-12H3,(H,77,81)(H,78,82)(H,79,83)(H,80,84)/t43-,44+,45-,46+.